The summed E-state index contributed by atoms with van der Waals surface area (Å²) in [5.41, 5.74) is 0. The van der Waals surface area contributed by atoms with Crippen molar-refractivity contribution < 1.29 is 23.1 Å². The monoisotopic (exact) mass is 318 g/mol. The molecule has 0 aliphatic rings. The molecule has 1 amide bonds. The van der Waals surface area contributed by atoms with Crippen LogP contribution in [-0.2, 0) is 26.2 Å². The van der Waals surface area contributed by atoms with Crippen LogP contribution in [0.25, 0.3) is 0 Å². The van der Waals surface area contributed by atoms with E-state index < -0.39 is 16.0 Å². The van der Waals surface area contributed by atoms with Crippen LogP contribution in [-0.4, -0.2) is 60.1 Å². The van der Waals surface area contributed by atoms with Crippen molar-refractivity contribution in [2.24, 2.45) is 0 Å². The fourth-order valence-corrected chi connectivity index (χ4v) is 2.62. The topological polar surface area (TPSA) is 122 Å². The van der Waals surface area contributed by atoms with Gasteiger partial charge in [-0.3, -0.25) is 14.3 Å². The SMILES string of the molecule is CNC(=O)CCN(C)S(=O)(=O)c1cnn(CCC(=O)O)c1. The van der Waals surface area contributed by atoms with Gasteiger partial charge in [-0.25, -0.2) is 12.7 Å². The number of hydrogen-bond acceptors (Lipinski definition) is 5. The zero-order valence-corrected chi connectivity index (χ0v) is 12.6. The number of rotatable bonds is 8. The first-order valence-electron chi connectivity index (χ1n) is 6.18. The van der Waals surface area contributed by atoms with E-state index >= 15 is 0 Å². The average Bonchev–Trinajstić information content (AvgIpc) is 2.91. The van der Waals surface area contributed by atoms with Gasteiger partial charge < -0.3 is 10.4 Å². The van der Waals surface area contributed by atoms with Crippen LogP contribution in [0.15, 0.2) is 17.3 Å². The Labute approximate surface area is 122 Å². The van der Waals surface area contributed by atoms with Gasteiger partial charge >= 0.3 is 5.97 Å². The molecule has 0 bridgehead atoms. The molecule has 0 saturated heterocycles. The van der Waals surface area contributed by atoms with Gasteiger partial charge in [-0.2, -0.15) is 5.10 Å². The Kier molecular flexibility index (Phi) is 5.85. The Balaban J connectivity index is 2.73. The molecule has 0 atom stereocenters. The number of amides is 1. The molecule has 10 heteroatoms. The first kappa shape index (κ1) is 17.1. The van der Waals surface area contributed by atoms with E-state index in [1.54, 1.807) is 0 Å². The van der Waals surface area contributed by atoms with Crippen molar-refractivity contribution in [1.82, 2.24) is 19.4 Å². The molecule has 0 aromatic carbocycles. The first-order valence-corrected chi connectivity index (χ1v) is 7.62. The maximum Gasteiger partial charge on any atom is 0.305 e. The lowest BCUT2D eigenvalue weighted by atomic mass is 10.4. The Morgan fingerprint density at radius 1 is 1.43 bits per heavy atom. The third-order valence-electron chi connectivity index (χ3n) is 2.81. The van der Waals surface area contributed by atoms with Crippen LogP contribution in [0.1, 0.15) is 12.8 Å². The standard InChI is InChI=1S/C11H18N4O5S/c1-12-10(16)3-5-14(2)21(19,20)9-7-13-15(8-9)6-4-11(17)18/h7-8H,3-6H2,1-2H3,(H,12,16)(H,17,18). The zero-order chi connectivity index (χ0) is 16.0. The van der Waals surface area contributed by atoms with Gasteiger partial charge in [0.2, 0.25) is 15.9 Å². The largest absolute Gasteiger partial charge is 0.481 e. The van der Waals surface area contributed by atoms with Gasteiger partial charge in [-0.15, -0.1) is 0 Å². The van der Waals surface area contributed by atoms with Crippen molar-refractivity contribution in [2.45, 2.75) is 24.3 Å². The number of aryl methyl sites for hydroxylation is 1. The molecule has 0 radical (unpaired) electrons. The van der Waals surface area contributed by atoms with Crippen molar-refractivity contribution in [2.75, 3.05) is 20.6 Å². The van der Waals surface area contributed by atoms with Crippen LogP contribution < -0.4 is 5.32 Å². The van der Waals surface area contributed by atoms with E-state index in [-0.39, 0.29) is 36.7 Å². The number of carboxylic acids is 1. The second-order valence-corrected chi connectivity index (χ2v) is 6.38. The molecule has 1 heterocycles. The lowest BCUT2D eigenvalue weighted by Gasteiger charge is -2.15. The van der Waals surface area contributed by atoms with E-state index in [0.29, 0.717) is 0 Å². The highest BCUT2D eigenvalue weighted by Crippen LogP contribution is 2.13. The van der Waals surface area contributed by atoms with Gasteiger partial charge in [0.15, 0.2) is 0 Å². The van der Waals surface area contributed by atoms with E-state index in [1.165, 1.54) is 25.0 Å². The van der Waals surface area contributed by atoms with Gasteiger partial charge in [0.25, 0.3) is 0 Å². The first-order chi connectivity index (χ1) is 9.77. The van der Waals surface area contributed by atoms with Crippen molar-refractivity contribution in [1.29, 1.82) is 0 Å². The maximum atomic E-state index is 12.2. The normalized spacial score (nSPS) is 11.6. The van der Waals surface area contributed by atoms with Gasteiger partial charge in [-0.1, -0.05) is 0 Å². The van der Waals surface area contributed by atoms with Crippen LogP contribution in [0.3, 0.4) is 0 Å². The van der Waals surface area contributed by atoms with Gasteiger partial charge in [0.1, 0.15) is 4.90 Å². The molecule has 1 aromatic heterocycles. The molecule has 0 aliphatic heterocycles. The number of nitrogens with one attached hydrogen (secondary N) is 1. The number of hydrogen-bond donors (Lipinski definition) is 2. The summed E-state index contributed by atoms with van der Waals surface area (Å²) in [5.74, 6) is -1.24. The van der Waals surface area contributed by atoms with E-state index in [9.17, 15) is 18.0 Å². The highest BCUT2D eigenvalue weighted by molar-refractivity contribution is 7.89. The predicted octanol–water partition coefficient (Wildman–Crippen LogP) is -0.886. The molecule has 0 saturated carbocycles. The van der Waals surface area contributed by atoms with Crippen LogP contribution in [0, 0.1) is 0 Å². The van der Waals surface area contributed by atoms with Crippen LogP contribution in [0.5, 0.6) is 0 Å². The van der Waals surface area contributed by atoms with E-state index in [0.717, 1.165) is 10.5 Å². The number of nitrogens with zero attached hydrogens (tertiary/aromatic N) is 3. The lowest BCUT2D eigenvalue weighted by Crippen LogP contribution is -2.31. The molecule has 21 heavy (non-hydrogen) atoms. The fraction of sp³-hybridized carbons (Fsp3) is 0.545. The second kappa shape index (κ2) is 7.18. The molecule has 118 valence electrons. The summed E-state index contributed by atoms with van der Waals surface area (Å²) in [6.45, 7) is 0.134. The number of sulfonamides is 1. The number of carbonyl (C=O) groups is 2. The number of aromatic nitrogens is 2. The molecular weight excluding hydrogens is 300 g/mol. The molecule has 0 spiro atoms. The molecule has 2 N–H and O–H groups in total. The van der Waals surface area contributed by atoms with E-state index in [1.807, 2.05) is 0 Å². The quantitative estimate of drug-likeness (QED) is 0.641. The highest BCUT2D eigenvalue weighted by Gasteiger charge is 2.23. The van der Waals surface area contributed by atoms with E-state index in [2.05, 4.69) is 10.4 Å². The molecular formula is C11H18N4O5S. The summed E-state index contributed by atoms with van der Waals surface area (Å²) < 4.78 is 26.7. The third-order valence-corrected chi connectivity index (χ3v) is 4.61. The Hall–Kier alpha value is -1.94. The zero-order valence-electron chi connectivity index (χ0n) is 11.8. The lowest BCUT2D eigenvalue weighted by molar-refractivity contribution is -0.137. The summed E-state index contributed by atoms with van der Waals surface area (Å²) >= 11 is 0. The Bertz CT molecular complexity index is 610. The number of carbonyl (C=O) groups excluding carboxylic acids is 1. The molecule has 0 unspecified atom stereocenters. The summed E-state index contributed by atoms with van der Waals surface area (Å²) in [5, 5.41) is 14.8. The minimum atomic E-state index is -3.74. The number of aliphatic carboxylic acids is 1. The number of carboxylic acid groups (broad SMARTS) is 1. The van der Waals surface area contributed by atoms with Crippen LogP contribution in [0.2, 0.25) is 0 Å². The smallest absolute Gasteiger partial charge is 0.305 e. The maximum absolute atomic E-state index is 12.2. The Morgan fingerprint density at radius 3 is 2.67 bits per heavy atom. The van der Waals surface area contributed by atoms with Crippen molar-refractivity contribution in [3.05, 3.63) is 12.4 Å². The van der Waals surface area contributed by atoms with Gasteiger partial charge in [0, 0.05) is 33.3 Å². The summed E-state index contributed by atoms with van der Waals surface area (Å²) in [4.78, 5) is 21.5. The average molecular weight is 318 g/mol. The van der Waals surface area contributed by atoms with Crippen LogP contribution >= 0.6 is 0 Å². The van der Waals surface area contributed by atoms with Crippen molar-refractivity contribution in [3.63, 3.8) is 0 Å². The summed E-state index contributed by atoms with van der Waals surface area (Å²) in [6.07, 6.45) is 2.34. The fourth-order valence-electron chi connectivity index (χ4n) is 1.49. The highest BCUT2D eigenvalue weighted by atomic mass is 32.2. The van der Waals surface area contributed by atoms with Crippen molar-refractivity contribution >= 4 is 21.9 Å². The molecule has 0 aliphatic carbocycles. The van der Waals surface area contributed by atoms with Crippen molar-refractivity contribution in [3.8, 4) is 0 Å². The predicted molar refractivity (Wildman–Crippen MR) is 73.0 cm³/mol. The minimum absolute atomic E-state index is 0.0349. The minimum Gasteiger partial charge on any atom is -0.481 e. The summed E-state index contributed by atoms with van der Waals surface area (Å²) in [6, 6.07) is 0. The van der Waals surface area contributed by atoms with Crippen LogP contribution in [0.4, 0.5) is 0 Å². The molecule has 1 rings (SSSR count). The second-order valence-electron chi connectivity index (χ2n) is 4.33. The Morgan fingerprint density at radius 2 is 2.10 bits per heavy atom. The van der Waals surface area contributed by atoms with Gasteiger partial charge in [0.05, 0.1) is 19.2 Å². The summed E-state index contributed by atoms with van der Waals surface area (Å²) in [7, 11) is -0.895. The molecule has 0 fully saturated rings. The van der Waals surface area contributed by atoms with E-state index in [4.69, 9.17) is 5.11 Å². The van der Waals surface area contributed by atoms with Gasteiger partial charge in [-0.05, 0) is 0 Å². The third kappa shape index (κ3) is 4.83. The molecule has 9 nitrogen and oxygen atoms in total. The molecule has 1 aromatic rings.